The predicted molar refractivity (Wildman–Crippen MR) is 34.1 cm³/mol. The van der Waals surface area contributed by atoms with Crippen LogP contribution >= 0.6 is 0 Å². The van der Waals surface area contributed by atoms with Gasteiger partial charge in [-0.1, -0.05) is 0 Å². The molecule has 0 radical (unpaired) electrons. The molecule has 0 atom stereocenters. The highest BCUT2D eigenvalue weighted by molar-refractivity contribution is 5.73. The van der Waals surface area contributed by atoms with E-state index in [-0.39, 0.29) is 5.92 Å². The number of halogens is 3. The van der Waals surface area contributed by atoms with Crippen LogP contribution in [0.25, 0.3) is 0 Å². The van der Waals surface area contributed by atoms with Crippen molar-refractivity contribution in [3.05, 3.63) is 0 Å². The van der Waals surface area contributed by atoms with E-state index in [1.54, 1.807) is 0 Å². The molecular weight excluding hydrogens is 175 g/mol. The average molecular weight is 183 g/mol. The third kappa shape index (κ3) is 11.5. The van der Waals surface area contributed by atoms with E-state index in [9.17, 15) is 13.2 Å². The molecule has 0 saturated heterocycles. The molecule has 0 unspecified atom stereocenters. The van der Waals surface area contributed by atoms with E-state index in [2.05, 4.69) is 0 Å². The van der Waals surface area contributed by atoms with Crippen LogP contribution in [0.1, 0.15) is 13.8 Å². The number of rotatable bonds is 0. The van der Waals surface area contributed by atoms with Gasteiger partial charge in [0.05, 0.1) is 6.07 Å². The van der Waals surface area contributed by atoms with Crippen molar-refractivity contribution in [2.24, 2.45) is 5.92 Å². The molecule has 0 amide bonds. The molecule has 0 aliphatic heterocycles. The van der Waals surface area contributed by atoms with Gasteiger partial charge in [-0.2, -0.15) is 18.4 Å². The summed E-state index contributed by atoms with van der Waals surface area (Å²) in [6.45, 7) is 3.72. The third-order valence-electron chi connectivity index (χ3n) is 0.501. The molecule has 0 aliphatic carbocycles. The molecular formula is C6H8F3NO2. The standard InChI is InChI=1S/C4H7N.C2HF3O2/c1-4(2)3-5;3-2(4,5)1(6)7/h4H,1-2H3;(H,6,7). The summed E-state index contributed by atoms with van der Waals surface area (Å²) in [7, 11) is 0. The largest absolute Gasteiger partial charge is 0.490 e. The van der Waals surface area contributed by atoms with Gasteiger partial charge in [-0.3, -0.25) is 0 Å². The van der Waals surface area contributed by atoms with Crippen LogP contribution in [0, 0.1) is 17.2 Å². The second-order valence-corrected chi connectivity index (χ2v) is 2.09. The summed E-state index contributed by atoms with van der Waals surface area (Å²) < 4.78 is 31.7. The fraction of sp³-hybridized carbons (Fsp3) is 0.667. The normalized spacial score (nSPS) is 9.75. The lowest BCUT2D eigenvalue weighted by Crippen LogP contribution is -2.21. The van der Waals surface area contributed by atoms with E-state index in [1.165, 1.54) is 0 Å². The molecule has 0 spiro atoms. The Hall–Kier alpha value is -1.25. The average Bonchev–Trinajstić information content (AvgIpc) is 1.87. The van der Waals surface area contributed by atoms with Crippen molar-refractivity contribution >= 4 is 5.97 Å². The monoisotopic (exact) mass is 183 g/mol. The van der Waals surface area contributed by atoms with Crippen molar-refractivity contribution in [3.63, 3.8) is 0 Å². The molecule has 0 rings (SSSR count). The lowest BCUT2D eigenvalue weighted by Gasteiger charge is -1.93. The van der Waals surface area contributed by atoms with Gasteiger partial charge < -0.3 is 5.11 Å². The highest BCUT2D eigenvalue weighted by atomic mass is 19.4. The Bertz CT molecular complexity index is 180. The van der Waals surface area contributed by atoms with Crippen LogP contribution in [0.5, 0.6) is 0 Å². The van der Waals surface area contributed by atoms with Crippen LogP contribution in [0.4, 0.5) is 13.2 Å². The van der Waals surface area contributed by atoms with E-state index < -0.39 is 12.1 Å². The zero-order chi connectivity index (χ0) is 10.4. The van der Waals surface area contributed by atoms with Crippen LogP contribution in [-0.4, -0.2) is 17.3 Å². The first kappa shape index (κ1) is 13.3. The summed E-state index contributed by atoms with van der Waals surface area (Å²) in [6, 6.07) is 2.03. The number of carboxylic acids is 1. The van der Waals surface area contributed by atoms with E-state index in [0.717, 1.165) is 0 Å². The molecule has 0 aromatic heterocycles. The second-order valence-electron chi connectivity index (χ2n) is 2.09. The van der Waals surface area contributed by atoms with Gasteiger partial charge in [0.1, 0.15) is 0 Å². The summed E-state index contributed by atoms with van der Waals surface area (Å²) in [6.07, 6.45) is -5.08. The number of carbonyl (C=O) groups is 1. The van der Waals surface area contributed by atoms with Crippen molar-refractivity contribution in [2.45, 2.75) is 20.0 Å². The SMILES string of the molecule is CC(C)C#N.O=C(O)C(F)(F)F. The molecule has 0 aromatic rings. The van der Waals surface area contributed by atoms with Crippen LogP contribution < -0.4 is 0 Å². The molecule has 70 valence electrons. The summed E-state index contributed by atoms with van der Waals surface area (Å²) in [5, 5.41) is 15.0. The van der Waals surface area contributed by atoms with Gasteiger partial charge in [-0.15, -0.1) is 0 Å². The highest BCUT2D eigenvalue weighted by Crippen LogP contribution is 2.13. The Kier molecular flexibility index (Phi) is 6.01. The molecule has 0 saturated carbocycles. The Morgan fingerprint density at radius 3 is 1.67 bits per heavy atom. The predicted octanol–water partition coefficient (Wildman–Crippen LogP) is 1.80. The lowest BCUT2D eigenvalue weighted by molar-refractivity contribution is -0.192. The summed E-state index contributed by atoms with van der Waals surface area (Å²) in [5.74, 6) is -2.57. The second kappa shape index (κ2) is 5.41. The van der Waals surface area contributed by atoms with Gasteiger partial charge in [0.25, 0.3) is 0 Å². The topological polar surface area (TPSA) is 61.1 Å². The Labute approximate surface area is 67.4 Å². The van der Waals surface area contributed by atoms with Gasteiger partial charge >= 0.3 is 12.1 Å². The number of nitrogens with zero attached hydrogens (tertiary/aromatic N) is 1. The number of aliphatic carboxylic acids is 1. The first-order valence-corrected chi connectivity index (χ1v) is 2.91. The van der Waals surface area contributed by atoms with E-state index in [1.807, 2.05) is 19.9 Å². The molecule has 0 aliphatic rings. The van der Waals surface area contributed by atoms with Crippen LogP contribution in [0.2, 0.25) is 0 Å². The Balaban J connectivity index is 0. The quantitative estimate of drug-likeness (QED) is 0.622. The maximum atomic E-state index is 10.6. The van der Waals surface area contributed by atoms with Crippen molar-refractivity contribution in [2.75, 3.05) is 0 Å². The van der Waals surface area contributed by atoms with Crippen LogP contribution in [0.3, 0.4) is 0 Å². The fourth-order valence-electron chi connectivity index (χ4n) is 0. The van der Waals surface area contributed by atoms with Crippen molar-refractivity contribution in [3.8, 4) is 6.07 Å². The van der Waals surface area contributed by atoms with E-state index >= 15 is 0 Å². The number of hydrogen-bond acceptors (Lipinski definition) is 2. The molecule has 0 aromatic carbocycles. The molecule has 0 fully saturated rings. The molecule has 6 heteroatoms. The first-order valence-electron chi connectivity index (χ1n) is 2.91. The summed E-state index contributed by atoms with van der Waals surface area (Å²) in [4.78, 5) is 8.90. The van der Waals surface area contributed by atoms with Crippen molar-refractivity contribution in [1.82, 2.24) is 0 Å². The smallest absolute Gasteiger partial charge is 0.475 e. The molecule has 1 N–H and O–H groups in total. The molecule has 0 heterocycles. The maximum Gasteiger partial charge on any atom is 0.490 e. The van der Waals surface area contributed by atoms with Crippen LogP contribution in [0.15, 0.2) is 0 Å². The minimum absolute atomic E-state index is 0.190. The maximum absolute atomic E-state index is 10.6. The van der Waals surface area contributed by atoms with Crippen molar-refractivity contribution < 1.29 is 23.1 Å². The molecule has 12 heavy (non-hydrogen) atoms. The number of hydrogen-bond donors (Lipinski definition) is 1. The zero-order valence-electron chi connectivity index (χ0n) is 6.51. The van der Waals surface area contributed by atoms with Crippen molar-refractivity contribution in [1.29, 1.82) is 5.26 Å². The van der Waals surface area contributed by atoms with Gasteiger partial charge in [0.2, 0.25) is 0 Å². The van der Waals surface area contributed by atoms with Gasteiger partial charge in [-0.25, -0.2) is 4.79 Å². The lowest BCUT2D eigenvalue weighted by atomic mass is 10.3. The molecule has 0 bridgehead atoms. The fourth-order valence-corrected chi connectivity index (χ4v) is 0. The molecule has 3 nitrogen and oxygen atoms in total. The number of alkyl halides is 3. The Morgan fingerprint density at radius 2 is 1.67 bits per heavy atom. The van der Waals surface area contributed by atoms with Crippen LogP contribution in [-0.2, 0) is 4.79 Å². The Morgan fingerprint density at radius 1 is 1.50 bits per heavy atom. The van der Waals surface area contributed by atoms with E-state index in [4.69, 9.17) is 15.2 Å². The number of carboxylic acid groups (broad SMARTS) is 1. The highest BCUT2D eigenvalue weighted by Gasteiger charge is 2.38. The van der Waals surface area contributed by atoms with E-state index in [0.29, 0.717) is 0 Å². The van der Waals surface area contributed by atoms with Gasteiger partial charge in [0.15, 0.2) is 0 Å². The summed E-state index contributed by atoms with van der Waals surface area (Å²) >= 11 is 0. The number of nitriles is 1. The minimum atomic E-state index is -5.08. The summed E-state index contributed by atoms with van der Waals surface area (Å²) in [5.41, 5.74) is 0. The zero-order valence-corrected chi connectivity index (χ0v) is 6.51. The first-order chi connectivity index (χ1) is 5.21. The third-order valence-corrected chi connectivity index (χ3v) is 0.501. The van der Waals surface area contributed by atoms with Gasteiger partial charge in [-0.05, 0) is 13.8 Å². The minimum Gasteiger partial charge on any atom is -0.475 e. The van der Waals surface area contributed by atoms with Gasteiger partial charge in [0, 0.05) is 5.92 Å².